The summed E-state index contributed by atoms with van der Waals surface area (Å²) in [5.41, 5.74) is 6.99. The van der Waals surface area contributed by atoms with Gasteiger partial charge < -0.3 is 10.6 Å². The molecule has 15 heavy (non-hydrogen) atoms. The fourth-order valence-corrected chi connectivity index (χ4v) is 1.92. The van der Waals surface area contributed by atoms with E-state index in [1.165, 1.54) is 12.8 Å². The number of piperidine rings is 1. The summed E-state index contributed by atoms with van der Waals surface area (Å²) in [5, 5.41) is 0. The largest absolute Gasteiger partial charge is 0.394 e. The van der Waals surface area contributed by atoms with E-state index in [4.69, 9.17) is 5.73 Å². The molecule has 82 valence electrons. The zero-order valence-electron chi connectivity index (χ0n) is 9.40. The SMILES string of the molecule is CC1(C)CCN(c2ncncc2N)CC1. The zero-order chi connectivity index (χ0) is 10.9. The third-order valence-corrected chi connectivity index (χ3v) is 3.14. The second-order valence-corrected chi connectivity index (χ2v) is 4.95. The number of anilines is 2. The molecule has 1 aromatic heterocycles. The zero-order valence-corrected chi connectivity index (χ0v) is 9.40. The molecule has 1 aromatic rings. The maximum atomic E-state index is 5.85. The van der Waals surface area contributed by atoms with Gasteiger partial charge in [0.25, 0.3) is 0 Å². The van der Waals surface area contributed by atoms with Gasteiger partial charge in [0.2, 0.25) is 0 Å². The highest BCUT2D eigenvalue weighted by atomic mass is 15.2. The summed E-state index contributed by atoms with van der Waals surface area (Å²) in [6.07, 6.45) is 5.61. The molecule has 0 unspecified atom stereocenters. The first-order chi connectivity index (χ1) is 7.08. The van der Waals surface area contributed by atoms with Crippen LogP contribution in [0.3, 0.4) is 0 Å². The molecule has 4 heteroatoms. The number of hydrogen-bond donors (Lipinski definition) is 1. The van der Waals surface area contributed by atoms with Crippen molar-refractivity contribution in [2.75, 3.05) is 23.7 Å². The summed E-state index contributed by atoms with van der Waals surface area (Å²) >= 11 is 0. The van der Waals surface area contributed by atoms with Gasteiger partial charge in [-0.05, 0) is 18.3 Å². The average Bonchev–Trinajstić information content (AvgIpc) is 2.19. The minimum absolute atomic E-state index is 0.457. The van der Waals surface area contributed by atoms with E-state index in [0.29, 0.717) is 11.1 Å². The molecule has 2 N–H and O–H groups in total. The number of aromatic nitrogens is 2. The van der Waals surface area contributed by atoms with E-state index < -0.39 is 0 Å². The summed E-state index contributed by atoms with van der Waals surface area (Å²) < 4.78 is 0. The summed E-state index contributed by atoms with van der Waals surface area (Å²) in [7, 11) is 0. The van der Waals surface area contributed by atoms with Crippen molar-refractivity contribution >= 4 is 11.5 Å². The summed E-state index contributed by atoms with van der Waals surface area (Å²) in [5.74, 6) is 0.889. The van der Waals surface area contributed by atoms with Crippen molar-refractivity contribution in [2.45, 2.75) is 26.7 Å². The fraction of sp³-hybridized carbons (Fsp3) is 0.636. The van der Waals surface area contributed by atoms with Crippen molar-refractivity contribution in [3.63, 3.8) is 0 Å². The van der Waals surface area contributed by atoms with Crippen molar-refractivity contribution in [3.05, 3.63) is 12.5 Å². The van der Waals surface area contributed by atoms with Crippen LogP contribution in [0.4, 0.5) is 11.5 Å². The Morgan fingerprint density at radius 1 is 1.33 bits per heavy atom. The Morgan fingerprint density at radius 2 is 2.00 bits per heavy atom. The topological polar surface area (TPSA) is 55.0 Å². The normalized spacial score (nSPS) is 20.3. The first-order valence-corrected chi connectivity index (χ1v) is 5.39. The molecule has 1 aliphatic heterocycles. The highest BCUT2D eigenvalue weighted by Gasteiger charge is 2.26. The van der Waals surface area contributed by atoms with E-state index in [1.54, 1.807) is 12.5 Å². The van der Waals surface area contributed by atoms with Crippen LogP contribution in [0.1, 0.15) is 26.7 Å². The van der Waals surface area contributed by atoms with Crippen LogP contribution in [0.2, 0.25) is 0 Å². The highest BCUT2D eigenvalue weighted by molar-refractivity contribution is 5.61. The molecule has 1 aliphatic rings. The Kier molecular flexibility index (Phi) is 2.50. The number of nitrogens with two attached hydrogens (primary N) is 1. The van der Waals surface area contributed by atoms with Crippen LogP contribution in [-0.4, -0.2) is 23.1 Å². The van der Waals surface area contributed by atoms with E-state index in [-0.39, 0.29) is 0 Å². The van der Waals surface area contributed by atoms with Crippen molar-refractivity contribution in [1.29, 1.82) is 0 Å². The Hall–Kier alpha value is -1.32. The molecule has 0 atom stereocenters. The molecule has 0 spiro atoms. The lowest BCUT2D eigenvalue weighted by molar-refractivity contribution is 0.279. The van der Waals surface area contributed by atoms with Gasteiger partial charge in [-0.2, -0.15) is 0 Å². The van der Waals surface area contributed by atoms with E-state index >= 15 is 0 Å². The molecule has 0 radical (unpaired) electrons. The number of nitrogens with zero attached hydrogens (tertiary/aromatic N) is 3. The number of nitrogen functional groups attached to an aromatic ring is 1. The van der Waals surface area contributed by atoms with E-state index in [1.807, 2.05) is 0 Å². The van der Waals surface area contributed by atoms with Crippen molar-refractivity contribution in [1.82, 2.24) is 9.97 Å². The molecule has 0 aromatic carbocycles. The molecule has 1 saturated heterocycles. The van der Waals surface area contributed by atoms with Crippen LogP contribution >= 0.6 is 0 Å². The Balaban J connectivity index is 2.11. The summed E-state index contributed by atoms with van der Waals surface area (Å²) in [6.45, 7) is 6.70. The van der Waals surface area contributed by atoms with Crippen LogP contribution in [0, 0.1) is 5.41 Å². The van der Waals surface area contributed by atoms with Crippen LogP contribution in [0.5, 0.6) is 0 Å². The van der Waals surface area contributed by atoms with Gasteiger partial charge in [0.15, 0.2) is 5.82 Å². The minimum atomic E-state index is 0.457. The molecule has 4 nitrogen and oxygen atoms in total. The van der Waals surface area contributed by atoms with Gasteiger partial charge in [-0.1, -0.05) is 13.8 Å². The van der Waals surface area contributed by atoms with Gasteiger partial charge >= 0.3 is 0 Å². The van der Waals surface area contributed by atoms with Crippen LogP contribution < -0.4 is 10.6 Å². The lowest BCUT2D eigenvalue weighted by Gasteiger charge is -2.37. The quantitative estimate of drug-likeness (QED) is 0.759. The number of hydrogen-bond acceptors (Lipinski definition) is 4. The molecular weight excluding hydrogens is 188 g/mol. The van der Waals surface area contributed by atoms with Gasteiger partial charge in [-0.3, -0.25) is 0 Å². The molecule has 0 saturated carbocycles. The summed E-state index contributed by atoms with van der Waals surface area (Å²) in [4.78, 5) is 10.4. The smallest absolute Gasteiger partial charge is 0.155 e. The molecule has 2 rings (SSSR count). The third kappa shape index (κ3) is 2.19. The second kappa shape index (κ2) is 3.68. The maximum Gasteiger partial charge on any atom is 0.155 e. The highest BCUT2D eigenvalue weighted by Crippen LogP contribution is 2.32. The number of rotatable bonds is 1. The predicted octanol–water partition coefficient (Wildman–Crippen LogP) is 1.69. The monoisotopic (exact) mass is 206 g/mol. The Labute approximate surface area is 90.5 Å². The first-order valence-electron chi connectivity index (χ1n) is 5.39. The maximum absolute atomic E-state index is 5.85. The Morgan fingerprint density at radius 3 is 2.60 bits per heavy atom. The Bertz CT molecular complexity index is 338. The van der Waals surface area contributed by atoms with Crippen molar-refractivity contribution < 1.29 is 0 Å². The standard InChI is InChI=1S/C11H18N4/c1-11(2)3-5-15(6-4-11)10-9(12)7-13-8-14-10/h7-8H,3-6,12H2,1-2H3. The first kappa shape index (κ1) is 10.2. The minimum Gasteiger partial charge on any atom is -0.394 e. The van der Waals surface area contributed by atoms with Crippen LogP contribution in [0.15, 0.2) is 12.5 Å². The molecule has 1 fully saturated rings. The average molecular weight is 206 g/mol. The van der Waals surface area contributed by atoms with Gasteiger partial charge in [0.1, 0.15) is 6.33 Å². The fourth-order valence-electron chi connectivity index (χ4n) is 1.92. The van der Waals surface area contributed by atoms with Crippen molar-refractivity contribution in [3.8, 4) is 0 Å². The predicted molar refractivity (Wildman–Crippen MR) is 61.7 cm³/mol. The molecule has 0 bridgehead atoms. The van der Waals surface area contributed by atoms with E-state index in [2.05, 4.69) is 28.7 Å². The van der Waals surface area contributed by atoms with Gasteiger partial charge in [0.05, 0.1) is 11.9 Å². The third-order valence-electron chi connectivity index (χ3n) is 3.14. The van der Waals surface area contributed by atoms with Crippen molar-refractivity contribution in [2.24, 2.45) is 5.41 Å². The van der Waals surface area contributed by atoms with Gasteiger partial charge in [-0.15, -0.1) is 0 Å². The van der Waals surface area contributed by atoms with Gasteiger partial charge in [0, 0.05) is 13.1 Å². The molecule has 0 amide bonds. The molecule has 2 heterocycles. The lowest BCUT2D eigenvalue weighted by atomic mass is 9.83. The van der Waals surface area contributed by atoms with Crippen LogP contribution in [0.25, 0.3) is 0 Å². The summed E-state index contributed by atoms with van der Waals surface area (Å²) in [6, 6.07) is 0. The van der Waals surface area contributed by atoms with Crippen LogP contribution in [-0.2, 0) is 0 Å². The lowest BCUT2D eigenvalue weighted by Crippen LogP contribution is -2.38. The van der Waals surface area contributed by atoms with Gasteiger partial charge in [-0.25, -0.2) is 9.97 Å². The molecule has 0 aliphatic carbocycles. The van der Waals surface area contributed by atoms with E-state index in [9.17, 15) is 0 Å². The van der Waals surface area contributed by atoms with E-state index in [0.717, 1.165) is 18.9 Å². The molecular formula is C11H18N4. The second-order valence-electron chi connectivity index (χ2n) is 4.95.